The molecule has 1 saturated heterocycles. The molecular formula is C13H26N2O2. The first kappa shape index (κ1) is 14.5. The second kappa shape index (κ2) is 7.67. The Bertz CT molecular complexity index is 233. The van der Waals surface area contributed by atoms with Crippen LogP contribution in [0.25, 0.3) is 0 Å². The summed E-state index contributed by atoms with van der Waals surface area (Å²) in [5, 5.41) is 12.1. The summed E-state index contributed by atoms with van der Waals surface area (Å²) in [5.74, 6) is 0.102. The average Bonchev–Trinajstić information content (AvgIpc) is 2.53. The lowest BCUT2D eigenvalue weighted by atomic mass is 9.98. The quantitative estimate of drug-likeness (QED) is 0.742. The van der Waals surface area contributed by atoms with E-state index < -0.39 is 12.0 Å². The van der Waals surface area contributed by atoms with Gasteiger partial charge in [0.1, 0.15) is 6.04 Å². The van der Waals surface area contributed by atoms with E-state index in [-0.39, 0.29) is 0 Å². The smallest absolute Gasteiger partial charge is 0.322 e. The van der Waals surface area contributed by atoms with E-state index in [0.29, 0.717) is 13.1 Å². The minimum Gasteiger partial charge on any atom is -0.480 e. The number of carboxylic acids is 1. The maximum absolute atomic E-state index is 11.1. The third kappa shape index (κ3) is 5.04. The number of nitrogens with one attached hydrogen (secondary N) is 1. The summed E-state index contributed by atoms with van der Waals surface area (Å²) in [6, 6.07) is -0.418. The third-order valence-corrected chi connectivity index (χ3v) is 3.71. The molecule has 2 atom stereocenters. The van der Waals surface area contributed by atoms with Crippen LogP contribution in [0.1, 0.15) is 39.5 Å². The van der Waals surface area contributed by atoms with E-state index in [1.165, 1.54) is 25.7 Å². The van der Waals surface area contributed by atoms with Crippen molar-refractivity contribution in [3.63, 3.8) is 0 Å². The van der Waals surface area contributed by atoms with Gasteiger partial charge in [0.05, 0.1) is 0 Å². The number of nitrogens with zero attached hydrogens (tertiary/aromatic N) is 1. The van der Waals surface area contributed by atoms with E-state index in [2.05, 4.69) is 17.1 Å². The van der Waals surface area contributed by atoms with Gasteiger partial charge < -0.3 is 15.3 Å². The van der Waals surface area contributed by atoms with Gasteiger partial charge in [-0.15, -0.1) is 0 Å². The fourth-order valence-corrected chi connectivity index (χ4v) is 2.55. The molecule has 0 aromatic rings. The van der Waals surface area contributed by atoms with Crippen LogP contribution in [-0.2, 0) is 4.79 Å². The van der Waals surface area contributed by atoms with Gasteiger partial charge in [-0.25, -0.2) is 0 Å². The van der Waals surface area contributed by atoms with E-state index >= 15 is 0 Å². The topological polar surface area (TPSA) is 52.6 Å². The van der Waals surface area contributed by atoms with Crippen molar-refractivity contribution in [1.29, 1.82) is 0 Å². The lowest BCUT2D eigenvalue weighted by Crippen LogP contribution is -2.46. The molecule has 2 N–H and O–H groups in total. The predicted octanol–water partition coefficient (Wildman–Crippen LogP) is 1.56. The molecule has 4 nitrogen and oxygen atoms in total. The van der Waals surface area contributed by atoms with E-state index in [4.69, 9.17) is 5.11 Å². The Balaban J connectivity index is 2.41. The molecular weight excluding hydrogens is 216 g/mol. The summed E-state index contributed by atoms with van der Waals surface area (Å²) < 4.78 is 0. The molecule has 0 aliphatic carbocycles. The van der Waals surface area contributed by atoms with Gasteiger partial charge in [-0.05, 0) is 44.8 Å². The van der Waals surface area contributed by atoms with Gasteiger partial charge in [-0.3, -0.25) is 4.79 Å². The molecule has 100 valence electrons. The highest BCUT2D eigenvalue weighted by molar-refractivity contribution is 5.73. The van der Waals surface area contributed by atoms with Gasteiger partial charge in [0.15, 0.2) is 0 Å². The molecule has 1 fully saturated rings. The summed E-state index contributed by atoms with van der Waals surface area (Å²) >= 11 is 0. The fraction of sp³-hybridized carbons (Fsp3) is 0.923. The zero-order valence-corrected chi connectivity index (χ0v) is 11.1. The molecule has 0 spiro atoms. The second-order valence-electron chi connectivity index (χ2n) is 4.95. The van der Waals surface area contributed by atoms with Crippen molar-refractivity contribution < 1.29 is 9.90 Å². The number of likely N-dealkylation sites (tertiary alicyclic amines) is 1. The summed E-state index contributed by atoms with van der Waals surface area (Å²) in [4.78, 5) is 13.4. The number of carboxylic acid groups (broad SMARTS) is 1. The van der Waals surface area contributed by atoms with Crippen molar-refractivity contribution in [2.24, 2.45) is 5.92 Å². The highest BCUT2D eigenvalue weighted by Crippen LogP contribution is 2.20. The molecule has 4 heteroatoms. The molecule has 0 bridgehead atoms. The minimum absolute atomic E-state index is 0.418. The van der Waals surface area contributed by atoms with Crippen LogP contribution >= 0.6 is 0 Å². The largest absolute Gasteiger partial charge is 0.480 e. The molecule has 0 radical (unpaired) electrons. The molecule has 0 amide bonds. The molecule has 17 heavy (non-hydrogen) atoms. The van der Waals surface area contributed by atoms with Crippen LogP contribution in [0.5, 0.6) is 0 Å². The van der Waals surface area contributed by atoms with Crippen LogP contribution in [0.4, 0.5) is 0 Å². The van der Waals surface area contributed by atoms with Crippen molar-refractivity contribution in [2.75, 3.05) is 26.2 Å². The van der Waals surface area contributed by atoms with Crippen molar-refractivity contribution in [3.8, 4) is 0 Å². The third-order valence-electron chi connectivity index (χ3n) is 3.71. The average molecular weight is 242 g/mol. The molecule has 1 rings (SSSR count). The second-order valence-corrected chi connectivity index (χ2v) is 4.95. The summed E-state index contributed by atoms with van der Waals surface area (Å²) in [7, 11) is 0. The molecule has 0 aromatic heterocycles. The normalized spacial score (nSPS) is 24.2. The fourth-order valence-electron chi connectivity index (χ4n) is 2.55. The summed E-state index contributed by atoms with van der Waals surface area (Å²) in [6.07, 6.45) is 4.97. The minimum atomic E-state index is -0.733. The number of hydrogen-bond donors (Lipinski definition) is 2. The van der Waals surface area contributed by atoms with Crippen LogP contribution in [0.2, 0.25) is 0 Å². The Labute approximate surface area is 104 Å². The molecule has 1 aliphatic rings. The molecule has 1 heterocycles. The summed E-state index contributed by atoms with van der Waals surface area (Å²) in [5.41, 5.74) is 0. The Morgan fingerprint density at radius 3 is 2.76 bits per heavy atom. The number of rotatable bonds is 6. The SMILES string of the molecule is CCNC(CN1CCCC(CC)CC1)C(=O)O. The van der Waals surface area contributed by atoms with Crippen LogP contribution < -0.4 is 5.32 Å². The van der Waals surface area contributed by atoms with E-state index in [0.717, 1.165) is 19.0 Å². The number of hydrogen-bond acceptors (Lipinski definition) is 3. The first-order valence-corrected chi connectivity index (χ1v) is 6.85. The van der Waals surface area contributed by atoms with Crippen molar-refractivity contribution >= 4 is 5.97 Å². The maximum Gasteiger partial charge on any atom is 0.322 e. The number of aliphatic carboxylic acids is 1. The van der Waals surface area contributed by atoms with E-state index in [9.17, 15) is 4.79 Å². The van der Waals surface area contributed by atoms with Gasteiger partial charge in [-0.1, -0.05) is 20.3 Å². The van der Waals surface area contributed by atoms with Crippen LogP contribution in [0.3, 0.4) is 0 Å². The van der Waals surface area contributed by atoms with E-state index in [1.807, 2.05) is 6.92 Å². The predicted molar refractivity (Wildman–Crippen MR) is 69.2 cm³/mol. The first-order chi connectivity index (χ1) is 8.17. The standard InChI is InChI=1S/C13H26N2O2/c1-3-11-6-5-8-15(9-7-11)10-12(13(16)17)14-4-2/h11-12,14H,3-10H2,1-2H3,(H,16,17). The lowest BCUT2D eigenvalue weighted by Gasteiger charge is -2.24. The summed E-state index contributed by atoms with van der Waals surface area (Å²) in [6.45, 7) is 7.64. The molecule has 0 saturated carbocycles. The van der Waals surface area contributed by atoms with E-state index in [1.54, 1.807) is 0 Å². The number of carbonyl (C=O) groups is 1. The van der Waals surface area contributed by atoms with Gasteiger partial charge in [0.2, 0.25) is 0 Å². The Kier molecular flexibility index (Phi) is 6.52. The van der Waals surface area contributed by atoms with Crippen molar-refractivity contribution in [2.45, 2.75) is 45.6 Å². The highest BCUT2D eigenvalue weighted by atomic mass is 16.4. The Morgan fingerprint density at radius 1 is 1.41 bits per heavy atom. The Morgan fingerprint density at radius 2 is 2.18 bits per heavy atom. The maximum atomic E-state index is 11.1. The lowest BCUT2D eigenvalue weighted by molar-refractivity contribution is -0.140. The molecule has 1 aliphatic heterocycles. The molecule has 2 unspecified atom stereocenters. The van der Waals surface area contributed by atoms with Gasteiger partial charge in [-0.2, -0.15) is 0 Å². The van der Waals surface area contributed by atoms with Crippen LogP contribution in [0, 0.1) is 5.92 Å². The zero-order valence-electron chi connectivity index (χ0n) is 11.1. The van der Waals surface area contributed by atoms with Crippen LogP contribution in [-0.4, -0.2) is 48.2 Å². The van der Waals surface area contributed by atoms with Crippen LogP contribution in [0.15, 0.2) is 0 Å². The van der Waals surface area contributed by atoms with Gasteiger partial charge >= 0.3 is 5.97 Å². The van der Waals surface area contributed by atoms with Crippen molar-refractivity contribution in [3.05, 3.63) is 0 Å². The van der Waals surface area contributed by atoms with Gasteiger partial charge in [0.25, 0.3) is 0 Å². The molecule has 0 aromatic carbocycles. The number of likely N-dealkylation sites (N-methyl/N-ethyl adjacent to an activating group) is 1. The first-order valence-electron chi connectivity index (χ1n) is 6.85. The monoisotopic (exact) mass is 242 g/mol. The zero-order chi connectivity index (χ0) is 12.7. The Hall–Kier alpha value is -0.610. The van der Waals surface area contributed by atoms with Gasteiger partial charge in [0, 0.05) is 6.54 Å². The van der Waals surface area contributed by atoms with Crippen molar-refractivity contribution in [1.82, 2.24) is 10.2 Å². The highest BCUT2D eigenvalue weighted by Gasteiger charge is 2.22.